The minimum atomic E-state index is -1.05. The van der Waals surface area contributed by atoms with Gasteiger partial charge in [-0.2, -0.15) is 0 Å². The first-order chi connectivity index (χ1) is 16.6. The Morgan fingerprint density at radius 2 is 1.82 bits per heavy atom. The molecular weight excluding hydrogens is 475 g/mol. The number of anilines is 1. The number of halogens is 2. The van der Waals surface area contributed by atoms with Crippen LogP contribution in [0.1, 0.15) is 11.1 Å². The molecule has 1 aromatic heterocycles. The number of aromatic nitrogens is 2. The van der Waals surface area contributed by atoms with Crippen LogP contribution in [-0.4, -0.2) is 55.0 Å². The van der Waals surface area contributed by atoms with Crippen molar-refractivity contribution in [3.63, 3.8) is 0 Å². The second-order valence-corrected chi connectivity index (χ2v) is 9.41. The van der Waals surface area contributed by atoms with Gasteiger partial charge in [0.15, 0.2) is 0 Å². The summed E-state index contributed by atoms with van der Waals surface area (Å²) in [5.41, 5.74) is 3.10. The largest absolute Gasteiger partial charge is 0.369 e. The molecule has 3 aromatic rings. The maximum atomic E-state index is 6.53. The van der Waals surface area contributed by atoms with Crippen molar-refractivity contribution in [3.05, 3.63) is 82.4 Å². The van der Waals surface area contributed by atoms with Gasteiger partial charge in [-0.05, 0) is 29.8 Å². The molecule has 3 heterocycles. The van der Waals surface area contributed by atoms with Crippen LogP contribution in [-0.2, 0) is 33.1 Å². The van der Waals surface area contributed by atoms with Crippen molar-refractivity contribution >= 4 is 28.9 Å². The van der Waals surface area contributed by atoms with Gasteiger partial charge >= 0.3 is 0 Å². The summed E-state index contributed by atoms with van der Waals surface area (Å²) in [4.78, 5) is 6.52. The first-order valence-electron chi connectivity index (χ1n) is 11.5. The summed E-state index contributed by atoms with van der Waals surface area (Å²) in [7, 11) is 0. The van der Waals surface area contributed by atoms with E-state index in [1.54, 1.807) is 24.7 Å². The number of piperazine rings is 1. The molecule has 34 heavy (non-hydrogen) atoms. The van der Waals surface area contributed by atoms with Crippen molar-refractivity contribution in [2.24, 2.45) is 0 Å². The zero-order valence-electron chi connectivity index (χ0n) is 18.8. The fourth-order valence-corrected chi connectivity index (χ4v) is 4.88. The van der Waals surface area contributed by atoms with E-state index in [9.17, 15) is 0 Å². The Labute approximate surface area is 209 Å². The lowest BCUT2D eigenvalue weighted by Crippen LogP contribution is -2.47. The van der Waals surface area contributed by atoms with Crippen molar-refractivity contribution < 1.29 is 14.2 Å². The van der Waals surface area contributed by atoms with Crippen LogP contribution in [0, 0.1) is 0 Å². The SMILES string of the molecule is Clc1ccc(C2(Cn3ccnc3)OCC(OCc3ccc(N4CCNCC4)cc3)CO2)c(Cl)c1. The van der Waals surface area contributed by atoms with E-state index in [1.165, 1.54) is 5.69 Å². The molecule has 0 amide bonds. The lowest BCUT2D eigenvalue weighted by atomic mass is 10.0. The van der Waals surface area contributed by atoms with E-state index in [2.05, 4.69) is 39.5 Å². The van der Waals surface area contributed by atoms with E-state index in [0.29, 0.717) is 36.4 Å². The van der Waals surface area contributed by atoms with E-state index >= 15 is 0 Å². The number of imidazole rings is 1. The Morgan fingerprint density at radius 1 is 1.06 bits per heavy atom. The van der Waals surface area contributed by atoms with Crippen molar-refractivity contribution in [2.45, 2.75) is 25.0 Å². The molecule has 2 fully saturated rings. The van der Waals surface area contributed by atoms with E-state index in [0.717, 1.165) is 37.3 Å². The number of ether oxygens (including phenoxy) is 3. The third-order valence-corrected chi connectivity index (χ3v) is 6.75. The van der Waals surface area contributed by atoms with Gasteiger partial charge in [0.25, 0.3) is 0 Å². The van der Waals surface area contributed by atoms with Gasteiger partial charge in [0.2, 0.25) is 5.79 Å². The molecule has 2 aromatic carbocycles. The molecule has 0 radical (unpaired) electrons. The number of benzene rings is 2. The molecule has 0 spiro atoms. The molecule has 9 heteroatoms. The summed E-state index contributed by atoms with van der Waals surface area (Å²) >= 11 is 12.6. The molecule has 0 aliphatic carbocycles. The maximum absolute atomic E-state index is 6.53. The van der Waals surface area contributed by atoms with Crippen LogP contribution < -0.4 is 10.2 Å². The summed E-state index contributed by atoms with van der Waals surface area (Å²) in [5.74, 6) is -1.05. The predicted molar refractivity (Wildman–Crippen MR) is 132 cm³/mol. The summed E-state index contributed by atoms with van der Waals surface area (Å²) in [6, 6.07) is 13.9. The Balaban J connectivity index is 1.22. The molecule has 0 atom stereocenters. The van der Waals surface area contributed by atoms with E-state index in [4.69, 9.17) is 37.4 Å². The van der Waals surface area contributed by atoms with Gasteiger partial charge in [-0.3, -0.25) is 0 Å². The predicted octanol–water partition coefficient (Wildman–Crippen LogP) is 4.08. The quantitative estimate of drug-likeness (QED) is 0.525. The minimum Gasteiger partial charge on any atom is -0.369 e. The molecule has 2 aliphatic heterocycles. The van der Waals surface area contributed by atoms with Crippen molar-refractivity contribution in [3.8, 4) is 0 Å². The Hall–Kier alpha value is -2.13. The molecule has 180 valence electrons. The molecule has 2 saturated heterocycles. The van der Waals surface area contributed by atoms with Gasteiger partial charge in [-0.1, -0.05) is 41.4 Å². The highest BCUT2D eigenvalue weighted by molar-refractivity contribution is 6.35. The fourth-order valence-electron chi connectivity index (χ4n) is 4.33. The highest BCUT2D eigenvalue weighted by Gasteiger charge is 2.42. The fraction of sp³-hybridized carbons (Fsp3) is 0.400. The summed E-state index contributed by atoms with van der Waals surface area (Å²) in [6.45, 7) is 5.78. The third-order valence-electron chi connectivity index (χ3n) is 6.20. The van der Waals surface area contributed by atoms with Crippen LogP contribution in [0.2, 0.25) is 10.0 Å². The number of nitrogens with zero attached hydrogens (tertiary/aromatic N) is 3. The van der Waals surface area contributed by atoms with Gasteiger partial charge in [0.1, 0.15) is 6.10 Å². The normalized spacial score (nSPS) is 23.2. The standard InChI is InChI=1S/C25H28Cl2N4O3/c26-20-3-6-23(24(27)13-20)25(17-30-10-7-29-18-30)33-15-22(16-34-25)32-14-19-1-4-21(5-2-19)31-11-8-28-9-12-31/h1-7,10,13,18,22,28H,8-9,11-12,14-17H2. The second kappa shape index (κ2) is 10.6. The van der Waals surface area contributed by atoms with E-state index < -0.39 is 5.79 Å². The van der Waals surface area contributed by atoms with E-state index in [1.807, 2.05) is 16.8 Å². The Kier molecular flexibility index (Phi) is 7.39. The molecular formula is C25H28Cl2N4O3. The van der Waals surface area contributed by atoms with Gasteiger partial charge in [0, 0.05) is 54.8 Å². The minimum absolute atomic E-state index is 0.185. The van der Waals surface area contributed by atoms with Gasteiger partial charge < -0.3 is 29.0 Å². The summed E-state index contributed by atoms with van der Waals surface area (Å²) in [6.07, 6.45) is 5.13. The maximum Gasteiger partial charge on any atom is 0.215 e. The van der Waals surface area contributed by atoms with E-state index in [-0.39, 0.29) is 6.10 Å². The van der Waals surface area contributed by atoms with Crippen LogP contribution in [0.3, 0.4) is 0 Å². The van der Waals surface area contributed by atoms with Crippen LogP contribution in [0.15, 0.2) is 61.2 Å². The second-order valence-electron chi connectivity index (χ2n) is 8.57. The van der Waals surface area contributed by atoms with Crippen LogP contribution in [0.4, 0.5) is 5.69 Å². The smallest absolute Gasteiger partial charge is 0.215 e. The highest BCUT2D eigenvalue weighted by atomic mass is 35.5. The third kappa shape index (κ3) is 5.40. The van der Waals surface area contributed by atoms with Gasteiger partial charge in [0.05, 0.1) is 37.7 Å². The van der Waals surface area contributed by atoms with Crippen LogP contribution >= 0.6 is 23.2 Å². The zero-order chi connectivity index (χ0) is 23.4. The molecule has 7 nitrogen and oxygen atoms in total. The average Bonchev–Trinajstić information content (AvgIpc) is 3.37. The van der Waals surface area contributed by atoms with Gasteiger partial charge in [-0.15, -0.1) is 0 Å². The molecule has 2 aliphatic rings. The Bertz CT molecular complexity index is 1060. The first kappa shape index (κ1) is 23.6. The number of rotatable bonds is 7. The first-order valence-corrected chi connectivity index (χ1v) is 12.2. The number of nitrogens with one attached hydrogen (secondary N) is 1. The number of hydrogen-bond donors (Lipinski definition) is 1. The monoisotopic (exact) mass is 502 g/mol. The average molecular weight is 503 g/mol. The molecule has 0 unspecified atom stereocenters. The van der Waals surface area contributed by atoms with Crippen LogP contribution in [0.25, 0.3) is 0 Å². The summed E-state index contributed by atoms with van der Waals surface area (Å²) in [5, 5.41) is 4.44. The lowest BCUT2D eigenvalue weighted by molar-refractivity contribution is -0.313. The number of hydrogen-bond acceptors (Lipinski definition) is 6. The van der Waals surface area contributed by atoms with Crippen LogP contribution in [0.5, 0.6) is 0 Å². The summed E-state index contributed by atoms with van der Waals surface area (Å²) < 4.78 is 20.6. The lowest BCUT2D eigenvalue weighted by Gasteiger charge is -2.41. The molecule has 1 N–H and O–H groups in total. The topological polar surface area (TPSA) is 60.8 Å². The van der Waals surface area contributed by atoms with Crippen molar-refractivity contribution in [2.75, 3.05) is 44.3 Å². The zero-order valence-corrected chi connectivity index (χ0v) is 20.3. The highest BCUT2D eigenvalue weighted by Crippen LogP contribution is 2.38. The molecule has 0 bridgehead atoms. The Morgan fingerprint density at radius 3 is 2.50 bits per heavy atom. The molecule has 0 saturated carbocycles. The van der Waals surface area contributed by atoms with Crippen molar-refractivity contribution in [1.82, 2.24) is 14.9 Å². The molecule has 5 rings (SSSR count). The van der Waals surface area contributed by atoms with Crippen molar-refractivity contribution in [1.29, 1.82) is 0 Å². The van der Waals surface area contributed by atoms with Gasteiger partial charge in [-0.25, -0.2) is 4.98 Å².